The monoisotopic (exact) mass is 314 g/mol. The van der Waals surface area contributed by atoms with Crippen LogP contribution in [0.1, 0.15) is 26.7 Å². The topological polar surface area (TPSA) is 93.1 Å². The van der Waals surface area contributed by atoms with Crippen LogP contribution < -0.4 is 0 Å². The second-order valence-electron chi connectivity index (χ2n) is 4.76. The third-order valence-electron chi connectivity index (χ3n) is 2.05. The highest BCUT2D eigenvalue weighted by molar-refractivity contribution is 7.54. The highest BCUT2D eigenvalue weighted by Gasteiger charge is 2.38. The summed E-state index contributed by atoms with van der Waals surface area (Å²) in [4.78, 5) is 17.9. The Hall–Kier alpha value is 0.300. The largest absolute Gasteiger partial charge is 0.331 e. The molecule has 2 radical (unpaired) electrons. The molecule has 114 valence electrons. The fraction of sp³-hybridized carbons (Fsp3) is 0.818. The summed E-state index contributed by atoms with van der Waals surface area (Å²) in [7, 11) is -7.71. The van der Waals surface area contributed by atoms with Crippen LogP contribution in [0.15, 0.2) is 0 Å². The van der Waals surface area contributed by atoms with Crippen molar-refractivity contribution in [2.75, 3.05) is 25.5 Å². The Morgan fingerprint density at radius 1 is 1.00 bits per heavy atom. The molecule has 0 bridgehead atoms. The van der Waals surface area contributed by atoms with Gasteiger partial charge in [-0.1, -0.05) is 13.8 Å². The van der Waals surface area contributed by atoms with E-state index in [0.717, 1.165) is 0 Å². The van der Waals surface area contributed by atoms with E-state index < -0.39 is 26.8 Å². The van der Waals surface area contributed by atoms with Gasteiger partial charge in [0.2, 0.25) is 0 Å². The summed E-state index contributed by atoms with van der Waals surface area (Å²) in [6.45, 7) is 11.5. The zero-order valence-electron chi connectivity index (χ0n) is 11.6. The summed E-state index contributed by atoms with van der Waals surface area (Å²) in [6.07, 6.45) is 0.554. The molecule has 0 aromatic heterocycles. The summed E-state index contributed by atoms with van der Waals surface area (Å²) in [5, 5.41) is 0. The highest BCUT2D eigenvalue weighted by atomic mass is 31.2. The molecule has 0 aliphatic rings. The van der Waals surface area contributed by atoms with Gasteiger partial charge in [-0.15, -0.1) is 0 Å². The van der Waals surface area contributed by atoms with E-state index in [4.69, 9.17) is 18.8 Å². The average Bonchev–Trinajstić information content (AvgIpc) is 2.19. The molecule has 0 saturated carbocycles. The molecule has 8 heteroatoms. The van der Waals surface area contributed by atoms with Crippen LogP contribution in [0.25, 0.3) is 0 Å². The van der Waals surface area contributed by atoms with E-state index in [2.05, 4.69) is 13.8 Å². The Kier molecular flexibility index (Phi) is 8.04. The van der Waals surface area contributed by atoms with E-state index in [0.29, 0.717) is 12.8 Å². The Labute approximate surface area is 115 Å². The van der Waals surface area contributed by atoms with E-state index >= 15 is 0 Å². The van der Waals surface area contributed by atoms with Crippen LogP contribution >= 0.6 is 15.2 Å². The molecule has 0 saturated heterocycles. The van der Waals surface area contributed by atoms with Crippen molar-refractivity contribution in [1.29, 1.82) is 0 Å². The minimum Gasteiger partial charge on any atom is -0.324 e. The summed E-state index contributed by atoms with van der Waals surface area (Å²) in [5.41, 5.74) is -1.31. The normalized spacial score (nSPS) is 13.8. The Morgan fingerprint density at radius 3 is 1.74 bits per heavy atom. The zero-order chi connectivity index (χ0) is 15.2. The van der Waals surface area contributed by atoms with Gasteiger partial charge in [-0.2, -0.15) is 0 Å². The van der Waals surface area contributed by atoms with Gasteiger partial charge in [0.1, 0.15) is 0 Å². The van der Waals surface area contributed by atoms with Crippen LogP contribution in [-0.2, 0) is 18.2 Å². The van der Waals surface area contributed by atoms with E-state index in [1.54, 1.807) is 0 Å². The van der Waals surface area contributed by atoms with Gasteiger partial charge in [0.15, 0.2) is 0 Å². The van der Waals surface area contributed by atoms with E-state index in [1.807, 2.05) is 13.8 Å². The predicted molar refractivity (Wildman–Crippen MR) is 75.0 cm³/mol. The standard InChI is InChI=1S/C11H24O6P2/c1-5-7-16-19(15,17-8-6-2)10-11(3,4)9-18(12,13)14/h3-10H2,1-2H3,(H2,12,13,14). The molecule has 0 amide bonds. The summed E-state index contributed by atoms with van der Waals surface area (Å²) in [5.74, 6) is 0. The van der Waals surface area contributed by atoms with Gasteiger partial charge in [0.25, 0.3) is 0 Å². The quantitative estimate of drug-likeness (QED) is 0.602. The molecule has 0 rings (SSSR count). The number of hydrogen-bond acceptors (Lipinski definition) is 4. The lowest BCUT2D eigenvalue weighted by molar-refractivity contribution is 0.199. The Morgan fingerprint density at radius 2 is 1.42 bits per heavy atom. The fourth-order valence-electron chi connectivity index (χ4n) is 1.49. The lowest BCUT2D eigenvalue weighted by Gasteiger charge is -2.29. The third kappa shape index (κ3) is 9.78. The minimum absolute atomic E-state index is 0.217. The SMILES string of the molecule is [CH2]C([CH2])(CP(=O)(O)O)CP(=O)(OCCC)OCCC. The van der Waals surface area contributed by atoms with Crippen molar-refractivity contribution in [3.05, 3.63) is 13.8 Å². The van der Waals surface area contributed by atoms with E-state index in [-0.39, 0.29) is 19.4 Å². The van der Waals surface area contributed by atoms with Crippen molar-refractivity contribution < 1.29 is 28.0 Å². The smallest absolute Gasteiger partial charge is 0.324 e. The van der Waals surface area contributed by atoms with E-state index in [1.165, 1.54) is 0 Å². The van der Waals surface area contributed by atoms with Crippen LogP contribution in [-0.4, -0.2) is 35.3 Å². The lowest BCUT2D eigenvalue weighted by atomic mass is 10.0. The number of rotatable bonds is 10. The molecule has 0 atom stereocenters. The molecular weight excluding hydrogens is 290 g/mol. The molecule has 0 spiro atoms. The first-order chi connectivity index (χ1) is 8.54. The van der Waals surface area contributed by atoms with Crippen LogP contribution in [0.5, 0.6) is 0 Å². The summed E-state index contributed by atoms with van der Waals surface area (Å²) < 4.78 is 33.9. The molecule has 0 aromatic carbocycles. The highest BCUT2D eigenvalue weighted by Crippen LogP contribution is 2.55. The second-order valence-corrected chi connectivity index (χ2v) is 8.46. The van der Waals surface area contributed by atoms with Gasteiger partial charge in [0.05, 0.1) is 25.5 Å². The fourth-order valence-corrected chi connectivity index (χ4v) is 4.76. The molecule has 0 unspecified atom stereocenters. The molecule has 0 aromatic rings. The van der Waals surface area contributed by atoms with Gasteiger partial charge < -0.3 is 18.8 Å². The van der Waals surface area contributed by atoms with Crippen LogP contribution in [0.4, 0.5) is 0 Å². The van der Waals surface area contributed by atoms with Crippen LogP contribution in [0, 0.1) is 19.3 Å². The molecule has 0 aliphatic carbocycles. The second kappa shape index (κ2) is 7.92. The van der Waals surface area contributed by atoms with Gasteiger partial charge in [-0.05, 0) is 32.1 Å². The lowest BCUT2D eigenvalue weighted by Crippen LogP contribution is -2.24. The van der Waals surface area contributed by atoms with Crippen molar-refractivity contribution in [3.63, 3.8) is 0 Å². The summed E-state index contributed by atoms with van der Waals surface area (Å²) >= 11 is 0. The van der Waals surface area contributed by atoms with Crippen molar-refractivity contribution >= 4 is 15.2 Å². The van der Waals surface area contributed by atoms with Crippen LogP contribution in [0.2, 0.25) is 0 Å². The molecule has 0 heterocycles. The van der Waals surface area contributed by atoms with Crippen molar-refractivity contribution in [1.82, 2.24) is 0 Å². The Balaban J connectivity index is 4.78. The summed E-state index contributed by atoms with van der Waals surface area (Å²) in [6, 6.07) is 0. The first kappa shape index (κ1) is 19.3. The van der Waals surface area contributed by atoms with Gasteiger partial charge in [0, 0.05) is 0 Å². The molecule has 19 heavy (non-hydrogen) atoms. The van der Waals surface area contributed by atoms with Crippen molar-refractivity contribution in [3.8, 4) is 0 Å². The Bertz CT molecular complexity index is 337. The van der Waals surface area contributed by atoms with Gasteiger partial charge in [-0.3, -0.25) is 9.13 Å². The van der Waals surface area contributed by atoms with Crippen molar-refractivity contribution in [2.45, 2.75) is 26.7 Å². The predicted octanol–water partition coefficient (Wildman–Crippen LogP) is 2.86. The zero-order valence-corrected chi connectivity index (χ0v) is 13.4. The molecule has 0 aliphatic heterocycles. The minimum atomic E-state index is -4.28. The molecule has 2 N–H and O–H groups in total. The average molecular weight is 314 g/mol. The van der Waals surface area contributed by atoms with Gasteiger partial charge >= 0.3 is 15.2 Å². The first-order valence-corrected chi connectivity index (χ1v) is 9.69. The number of hydrogen-bond donors (Lipinski definition) is 2. The first-order valence-electron chi connectivity index (χ1n) is 6.17. The third-order valence-corrected chi connectivity index (χ3v) is 5.35. The maximum atomic E-state index is 12.5. The maximum absolute atomic E-state index is 12.5. The molecular formula is C11H24O6P2. The van der Waals surface area contributed by atoms with Crippen LogP contribution in [0.3, 0.4) is 0 Å². The van der Waals surface area contributed by atoms with Crippen molar-refractivity contribution in [2.24, 2.45) is 5.41 Å². The molecule has 6 nitrogen and oxygen atoms in total. The maximum Gasteiger partial charge on any atom is 0.331 e. The molecule has 0 fully saturated rings. The van der Waals surface area contributed by atoms with Gasteiger partial charge in [-0.25, -0.2) is 0 Å². The van der Waals surface area contributed by atoms with E-state index in [9.17, 15) is 9.13 Å².